The number of urea groups is 1. The number of fused-ring (bicyclic) bond motifs is 4. The second-order valence-corrected chi connectivity index (χ2v) is 38.2. The third-order valence-corrected chi connectivity index (χ3v) is 29.3. The highest BCUT2D eigenvalue weighted by atomic mass is 79.9. The van der Waals surface area contributed by atoms with Crippen molar-refractivity contribution in [1.82, 2.24) is 108 Å². The summed E-state index contributed by atoms with van der Waals surface area (Å²) in [6, 6.07) is 51.9. The van der Waals surface area contributed by atoms with E-state index in [2.05, 4.69) is 119 Å². The van der Waals surface area contributed by atoms with Gasteiger partial charge in [0.05, 0.1) is 120 Å². The number of nitrogens with one attached hydrogen (secondary N) is 1. The molecule has 716 valence electrons. The first-order valence-electron chi connectivity index (χ1n) is 45.8. The third kappa shape index (κ3) is 20.9. The molecule has 12 aromatic heterocycles. The fourth-order valence-electron chi connectivity index (χ4n) is 18.0. The zero-order chi connectivity index (χ0) is 97.3. The van der Waals surface area contributed by atoms with E-state index in [-0.39, 0.29) is 42.2 Å². The van der Waals surface area contributed by atoms with Gasteiger partial charge in [0.15, 0.2) is 34.5 Å². The number of pyridine rings is 3. The third-order valence-electron chi connectivity index (χ3n) is 26.1. The predicted octanol–water partition coefficient (Wildman–Crippen LogP) is 13.4. The van der Waals surface area contributed by atoms with Gasteiger partial charge in [-0.1, -0.05) is 140 Å². The molecule has 139 heavy (non-hydrogen) atoms. The number of piperidine rings is 4. The van der Waals surface area contributed by atoms with Gasteiger partial charge in [-0.05, 0) is 153 Å². The average molecular weight is 2130 g/mol. The summed E-state index contributed by atoms with van der Waals surface area (Å²) < 4.78 is 9.46. The second kappa shape index (κ2) is 43.5. The normalized spacial score (nSPS) is 15.3. The molecule has 4 fully saturated rings. The Bertz CT molecular complexity index is 7000. The Hall–Kier alpha value is -13.1. The summed E-state index contributed by atoms with van der Waals surface area (Å²) in [7, 11) is 1.66. The maximum absolute atomic E-state index is 12.8. The number of amides is 4. The molecule has 0 saturated carbocycles. The number of carbonyl (C=O) groups is 3. The molecule has 16 aromatic rings. The van der Waals surface area contributed by atoms with E-state index in [9.17, 15) is 34.8 Å². The highest BCUT2D eigenvalue weighted by molar-refractivity contribution is 9.11. The Morgan fingerprint density at radius 2 is 0.683 bits per heavy atom. The van der Waals surface area contributed by atoms with Crippen LogP contribution < -0.4 is 28.3 Å². The zero-order valence-electron chi connectivity index (χ0n) is 76.1. The van der Waals surface area contributed by atoms with Crippen LogP contribution in [0.25, 0.3) is 112 Å². The first-order valence-corrected chi connectivity index (χ1v) is 48.9. The first kappa shape index (κ1) is 97.6. The van der Waals surface area contributed by atoms with Gasteiger partial charge in [0.25, 0.3) is 5.91 Å². The van der Waals surface area contributed by atoms with Crippen LogP contribution in [0.15, 0.2) is 231 Å². The molecule has 15 N–H and O–H groups in total. The van der Waals surface area contributed by atoms with Crippen molar-refractivity contribution in [2.24, 2.45) is 5.41 Å². The van der Waals surface area contributed by atoms with Crippen molar-refractivity contribution < 1.29 is 45.0 Å². The van der Waals surface area contributed by atoms with Gasteiger partial charge in [-0.3, -0.25) is 24.5 Å². The first-order chi connectivity index (χ1) is 67.4. The predicted molar refractivity (Wildman–Crippen MR) is 545 cm³/mol. The van der Waals surface area contributed by atoms with Crippen molar-refractivity contribution in [2.75, 3.05) is 115 Å². The lowest BCUT2D eigenvalue weighted by atomic mass is 9.88. The van der Waals surface area contributed by atoms with E-state index in [0.717, 1.165) is 154 Å². The van der Waals surface area contributed by atoms with Crippen LogP contribution in [0.3, 0.4) is 0 Å². The van der Waals surface area contributed by atoms with Crippen molar-refractivity contribution in [1.29, 1.82) is 0 Å². The van der Waals surface area contributed by atoms with Gasteiger partial charge in [0.1, 0.15) is 23.3 Å². The van der Waals surface area contributed by atoms with Crippen LogP contribution in [-0.2, 0) is 9.59 Å². The van der Waals surface area contributed by atoms with Crippen LogP contribution in [-0.4, -0.2) is 256 Å². The van der Waals surface area contributed by atoms with E-state index in [1.165, 1.54) is 0 Å². The number of aromatic nitrogens is 17. The molecule has 0 bridgehead atoms. The second-order valence-electron chi connectivity index (χ2n) is 35.0. The number of likely N-dealkylation sites (tertiary alicyclic amines) is 4. The van der Waals surface area contributed by atoms with E-state index in [1.54, 1.807) is 79.0 Å². The fraction of sp³-hybridized carbons (Fsp3) is 0.300. The Balaban J connectivity index is 0.000000128. The van der Waals surface area contributed by atoms with Crippen molar-refractivity contribution >= 4 is 127 Å². The number of hydrogen-bond donors (Lipinski definition) is 11. The van der Waals surface area contributed by atoms with Crippen LogP contribution in [0.5, 0.6) is 0 Å². The number of β-amino-alcohol motifs (C(OH)–C–C–N with tert-alkyl or cyclic N) is 1. The molecule has 35 nitrogen and oxygen atoms in total. The van der Waals surface area contributed by atoms with Crippen LogP contribution in [0, 0.1) is 5.41 Å². The van der Waals surface area contributed by atoms with Gasteiger partial charge in [0.2, 0.25) is 5.91 Å². The molecular weight excluding hydrogens is 2030 g/mol. The van der Waals surface area contributed by atoms with Crippen LogP contribution >= 0.6 is 63.7 Å². The number of rotatable bonds is 20. The number of hydrogen-bond acceptors (Lipinski definition) is 27. The van der Waals surface area contributed by atoms with Crippen molar-refractivity contribution in [2.45, 2.75) is 94.2 Å². The molecule has 4 aliphatic rings. The number of anilines is 4. The number of aliphatic hydroxyl groups excluding tert-OH is 6. The standard InChI is InChI=1S/C27H29BrN6O3.C25H27BrN6O2.C24H24BrN7O3.C24H24BrN7O/c1-27(15-35,16-36)26(37)33-11-9-18(10-12-33)23-22(28)24(29)34-25(32-23)20(14-31-34)19-7-8-21(30-13-19)17-5-3-2-4-6-17;26-22-23(17-8-10-31(11-9-17)14-19(34)15-33)30-25-20(13-29-32(25)24(22)27)18-6-7-21(28-12-18)16-4-2-1-3-5-16;25-19-20(14-6-8-31(9-7-14)24(35)18(34)13-33)30-23-17(12-29-32(23)21(19)26)16-10-27-22(28-11-16)15-4-2-1-3-5-15;1-27-24(33)31-11-9-16(10-12-31)21-20(25)22(26)32-23(30-21)18(14-29-32)17-7-8-19(28-13-17)15-5-3-2-4-6-15/h2-8,13-14,18,35-36H,9-12,15-16,29H2,1H3;1-7,12-13,17,19,33-34H,8-11,14-15,27H2;1-5,10-12,14,18,33-34H,6-9,13,26H2;2-8,13-14,16H,9-12,26H2,1H3,(H,27,33)/t;19-;18-;/m.01./s1. The molecule has 0 aliphatic carbocycles. The zero-order valence-corrected chi connectivity index (χ0v) is 82.5. The number of nitrogens with two attached hydrogens (primary N) is 4. The fourth-order valence-corrected chi connectivity index (χ4v) is 20.3. The summed E-state index contributed by atoms with van der Waals surface area (Å²) in [5.41, 5.74) is 44.5. The largest absolute Gasteiger partial charge is 0.395 e. The highest BCUT2D eigenvalue weighted by Gasteiger charge is 2.40. The van der Waals surface area contributed by atoms with E-state index in [4.69, 9.17) is 53.1 Å². The molecule has 39 heteroatoms. The summed E-state index contributed by atoms with van der Waals surface area (Å²) >= 11 is 14.5. The number of carbonyl (C=O) groups excluding carboxylic acids is 3. The van der Waals surface area contributed by atoms with Gasteiger partial charge >= 0.3 is 6.03 Å². The molecule has 0 unspecified atom stereocenters. The molecule has 2 atom stereocenters. The minimum atomic E-state index is -1.38. The van der Waals surface area contributed by atoms with Crippen LogP contribution in [0.2, 0.25) is 0 Å². The molecule has 4 amide bonds. The number of nitrogens with zero attached hydrogens (tertiary/aromatic N) is 21. The van der Waals surface area contributed by atoms with Gasteiger partial charge in [-0.2, -0.15) is 38.5 Å². The maximum atomic E-state index is 12.8. The van der Waals surface area contributed by atoms with Gasteiger partial charge < -0.3 is 78.5 Å². The molecule has 0 spiro atoms. The van der Waals surface area contributed by atoms with Crippen molar-refractivity contribution in [3.8, 4) is 89.7 Å². The summed E-state index contributed by atoms with van der Waals surface area (Å²) in [6.45, 7) is 5.43. The number of halogens is 4. The van der Waals surface area contributed by atoms with Gasteiger partial charge in [-0.25, -0.2) is 34.7 Å². The summed E-state index contributed by atoms with van der Waals surface area (Å²) in [6.07, 6.45) is 20.1. The molecular formula is C100H104Br4N26O9. The number of nitrogen functional groups attached to an aromatic ring is 4. The lowest BCUT2D eigenvalue weighted by Crippen LogP contribution is -2.49. The molecule has 4 aromatic carbocycles. The Kier molecular flexibility index (Phi) is 30.6. The number of benzene rings is 4. The Labute approximate surface area is 833 Å². The van der Waals surface area contributed by atoms with Gasteiger partial charge in [-0.15, -0.1) is 0 Å². The minimum absolute atomic E-state index is 0.0417. The monoisotopic (exact) mass is 2130 g/mol. The minimum Gasteiger partial charge on any atom is -0.395 e. The number of aliphatic hydroxyl groups is 6. The molecule has 0 radical (unpaired) electrons. The van der Waals surface area contributed by atoms with Crippen molar-refractivity contribution in [3.05, 3.63) is 254 Å². The summed E-state index contributed by atoms with van der Waals surface area (Å²) in [5.74, 6) is 2.48. The Morgan fingerprint density at radius 1 is 0.381 bits per heavy atom. The SMILES string of the molecule is CC(CO)(CO)C(=O)N1CCC(c2nc3c(-c4ccc(-c5ccccc5)nc4)cnn3c(N)c2Br)CC1.CNC(=O)N1CCC(c2nc3c(-c4ccc(-c5ccccc5)nc4)cnn3c(N)c2Br)CC1.Nc1c(Br)c(C2CCN(C(=O)[C@H](O)CO)CC2)nc2c(-c3cnc(-c4ccccc4)nc3)cnn12.Nc1c(Br)c(C2CCN(C[C@H](O)CO)CC2)nc2c(-c3ccc(-c4ccccc4)nc3)cnn12. The molecule has 20 rings (SSSR count). The molecule has 16 heterocycles. The van der Waals surface area contributed by atoms with E-state index in [1.807, 2.05) is 181 Å². The van der Waals surface area contributed by atoms with Crippen molar-refractivity contribution in [3.63, 3.8) is 0 Å². The average Bonchev–Trinajstić information content (AvgIpc) is 1.65. The van der Waals surface area contributed by atoms with E-state index >= 15 is 0 Å². The highest BCUT2D eigenvalue weighted by Crippen LogP contribution is 2.44. The van der Waals surface area contributed by atoms with E-state index in [0.29, 0.717) is 132 Å². The Morgan fingerprint density at radius 3 is 0.986 bits per heavy atom. The van der Waals surface area contributed by atoms with Crippen LogP contribution in [0.4, 0.5) is 28.1 Å². The summed E-state index contributed by atoms with van der Waals surface area (Å²) in [4.78, 5) is 87.2. The lowest BCUT2D eigenvalue weighted by Gasteiger charge is -2.37. The topological polar surface area (TPSA) is 487 Å². The smallest absolute Gasteiger partial charge is 0.317 e. The molecule has 4 aliphatic heterocycles. The van der Waals surface area contributed by atoms with E-state index < -0.39 is 43.4 Å². The maximum Gasteiger partial charge on any atom is 0.317 e. The molecule has 4 saturated heterocycles. The lowest BCUT2D eigenvalue weighted by molar-refractivity contribution is -0.147. The van der Waals surface area contributed by atoms with Gasteiger partial charge in [0, 0.05) is 174 Å². The van der Waals surface area contributed by atoms with Crippen LogP contribution in [0.1, 0.15) is 105 Å². The quantitative estimate of drug-likeness (QED) is 0.0337. The summed E-state index contributed by atoms with van der Waals surface area (Å²) in [5, 5.41) is 77.4.